The Hall–Kier alpha value is -1.20. The van der Waals surface area contributed by atoms with Gasteiger partial charge in [0.25, 0.3) is 6.43 Å². The number of hydrogen-bond donors (Lipinski definition) is 2. The molecular weight excluding hydrogens is 196 g/mol. The van der Waals surface area contributed by atoms with Crippen LogP contribution in [0.1, 0.15) is 19.8 Å². The number of carbonyl (C=O) groups is 2. The molecule has 0 radical (unpaired) electrons. The van der Waals surface area contributed by atoms with Crippen LogP contribution in [0, 0.1) is 5.92 Å². The first-order valence-electron chi connectivity index (χ1n) is 4.18. The highest BCUT2D eigenvalue weighted by Gasteiger charge is 2.13. The predicted molar refractivity (Wildman–Crippen MR) is 45.0 cm³/mol. The molecule has 0 saturated heterocycles. The minimum Gasteiger partial charge on any atom is -0.481 e. The average Bonchev–Trinajstić information content (AvgIpc) is 1.98. The zero-order valence-corrected chi connectivity index (χ0v) is 7.80. The molecule has 1 amide bonds. The van der Waals surface area contributed by atoms with Gasteiger partial charge in [0, 0.05) is 12.8 Å². The molecule has 0 heterocycles. The highest BCUT2D eigenvalue weighted by Crippen LogP contribution is 2.06. The Morgan fingerprint density at radius 3 is 2.36 bits per heavy atom. The highest BCUT2D eigenvalue weighted by atomic mass is 19.3. The second-order valence-corrected chi connectivity index (χ2v) is 3.10. The SMILES string of the molecule is CC(CC(=O)O)CC(=O)NCC(F)F. The number of carbonyl (C=O) groups excluding carboxylic acids is 1. The molecule has 0 aromatic rings. The Morgan fingerprint density at radius 1 is 1.36 bits per heavy atom. The molecule has 0 rings (SSSR count). The van der Waals surface area contributed by atoms with E-state index in [1.807, 2.05) is 5.32 Å². The predicted octanol–water partition coefficient (Wildman–Crippen LogP) is 0.869. The lowest BCUT2D eigenvalue weighted by Gasteiger charge is -2.08. The van der Waals surface area contributed by atoms with Crippen LogP contribution in [0.3, 0.4) is 0 Å². The van der Waals surface area contributed by atoms with E-state index in [9.17, 15) is 18.4 Å². The molecule has 4 nitrogen and oxygen atoms in total. The molecule has 0 aliphatic rings. The molecule has 0 aromatic heterocycles. The van der Waals surface area contributed by atoms with E-state index in [2.05, 4.69) is 0 Å². The van der Waals surface area contributed by atoms with Gasteiger partial charge in [-0.05, 0) is 5.92 Å². The van der Waals surface area contributed by atoms with E-state index in [-0.39, 0.29) is 18.8 Å². The molecular formula is C8H13F2NO3. The quantitative estimate of drug-likeness (QED) is 0.682. The van der Waals surface area contributed by atoms with Crippen LogP contribution in [0.4, 0.5) is 8.78 Å². The van der Waals surface area contributed by atoms with Gasteiger partial charge < -0.3 is 10.4 Å². The smallest absolute Gasteiger partial charge is 0.303 e. The summed E-state index contributed by atoms with van der Waals surface area (Å²) in [6.45, 7) is 0.898. The fourth-order valence-corrected chi connectivity index (χ4v) is 0.950. The van der Waals surface area contributed by atoms with Crippen LogP contribution in [0.5, 0.6) is 0 Å². The zero-order chi connectivity index (χ0) is 11.1. The van der Waals surface area contributed by atoms with Crippen LogP contribution in [-0.2, 0) is 9.59 Å². The fourth-order valence-electron chi connectivity index (χ4n) is 0.950. The van der Waals surface area contributed by atoms with Crippen molar-refractivity contribution >= 4 is 11.9 Å². The van der Waals surface area contributed by atoms with Gasteiger partial charge in [-0.3, -0.25) is 9.59 Å². The third-order valence-electron chi connectivity index (χ3n) is 1.51. The number of nitrogens with one attached hydrogen (secondary N) is 1. The minimum atomic E-state index is -2.58. The summed E-state index contributed by atoms with van der Waals surface area (Å²) in [7, 11) is 0. The zero-order valence-electron chi connectivity index (χ0n) is 7.80. The lowest BCUT2D eigenvalue weighted by Crippen LogP contribution is -2.29. The van der Waals surface area contributed by atoms with Crippen LogP contribution < -0.4 is 5.32 Å². The van der Waals surface area contributed by atoms with E-state index in [0.717, 1.165) is 0 Å². The van der Waals surface area contributed by atoms with Crippen molar-refractivity contribution in [3.8, 4) is 0 Å². The first-order valence-corrected chi connectivity index (χ1v) is 4.18. The Kier molecular flexibility index (Phi) is 5.74. The van der Waals surface area contributed by atoms with Gasteiger partial charge in [0.05, 0.1) is 6.54 Å². The van der Waals surface area contributed by atoms with Gasteiger partial charge in [-0.1, -0.05) is 6.92 Å². The molecule has 0 aromatic carbocycles. The van der Waals surface area contributed by atoms with Gasteiger partial charge in [0.15, 0.2) is 0 Å². The summed E-state index contributed by atoms with van der Waals surface area (Å²) in [6, 6.07) is 0. The molecule has 0 fully saturated rings. The van der Waals surface area contributed by atoms with Crippen molar-refractivity contribution in [1.29, 1.82) is 0 Å². The van der Waals surface area contributed by atoms with Crippen LogP contribution in [0.2, 0.25) is 0 Å². The lowest BCUT2D eigenvalue weighted by atomic mass is 10.0. The number of amides is 1. The van der Waals surface area contributed by atoms with Gasteiger partial charge in [0.2, 0.25) is 5.91 Å². The molecule has 0 saturated carbocycles. The largest absolute Gasteiger partial charge is 0.481 e. The van der Waals surface area contributed by atoms with E-state index < -0.39 is 24.8 Å². The maximum absolute atomic E-state index is 11.6. The standard InChI is InChI=1S/C8H13F2NO3/c1-5(3-8(13)14)2-7(12)11-4-6(9)10/h5-6H,2-4H2,1H3,(H,11,12)(H,13,14). The molecule has 1 atom stereocenters. The third-order valence-corrected chi connectivity index (χ3v) is 1.51. The van der Waals surface area contributed by atoms with Crippen molar-refractivity contribution in [2.24, 2.45) is 5.92 Å². The van der Waals surface area contributed by atoms with E-state index in [1.54, 1.807) is 6.92 Å². The van der Waals surface area contributed by atoms with Crippen molar-refractivity contribution in [2.45, 2.75) is 26.2 Å². The maximum Gasteiger partial charge on any atom is 0.303 e. The molecule has 0 aliphatic heterocycles. The van der Waals surface area contributed by atoms with Crippen molar-refractivity contribution in [3.63, 3.8) is 0 Å². The Bertz CT molecular complexity index is 209. The van der Waals surface area contributed by atoms with Crippen LogP contribution in [0.15, 0.2) is 0 Å². The van der Waals surface area contributed by atoms with E-state index in [4.69, 9.17) is 5.11 Å². The van der Waals surface area contributed by atoms with Gasteiger partial charge in [-0.2, -0.15) is 0 Å². The Balaban J connectivity index is 3.66. The summed E-state index contributed by atoms with van der Waals surface area (Å²) in [5.41, 5.74) is 0. The second kappa shape index (κ2) is 6.28. The van der Waals surface area contributed by atoms with Gasteiger partial charge in [-0.15, -0.1) is 0 Å². The lowest BCUT2D eigenvalue weighted by molar-refractivity contribution is -0.138. The van der Waals surface area contributed by atoms with Crippen molar-refractivity contribution < 1.29 is 23.5 Å². The third kappa shape index (κ3) is 7.45. The molecule has 1 unspecified atom stereocenters. The van der Waals surface area contributed by atoms with Crippen molar-refractivity contribution in [3.05, 3.63) is 0 Å². The van der Waals surface area contributed by atoms with Crippen LogP contribution in [-0.4, -0.2) is 30.0 Å². The second-order valence-electron chi connectivity index (χ2n) is 3.10. The molecule has 0 aliphatic carbocycles. The Labute approximate surface area is 80.3 Å². The van der Waals surface area contributed by atoms with E-state index in [1.165, 1.54) is 0 Å². The summed E-state index contributed by atoms with van der Waals surface area (Å²) in [6.07, 6.45) is -2.75. The number of alkyl halides is 2. The number of carboxylic acid groups (broad SMARTS) is 1. The minimum absolute atomic E-state index is 0.0426. The first-order chi connectivity index (χ1) is 6.41. The average molecular weight is 209 g/mol. The number of hydrogen-bond acceptors (Lipinski definition) is 2. The normalized spacial score (nSPS) is 12.6. The summed E-state index contributed by atoms with van der Waals surface area (Å²) in [5, 5.41) is 10.4. The topological polar surface area (TPSA) is 66.4 Å². The molecule has 0 bridgehead atoms. The van der Waals surface area contributed by atoms with E-state index >= 15 is 0 Å². The fraction of sp³-hybridized carbons (Fsp3) is 0.750. The number of halogens is 2. The summed E-state index contributed by atoms with van der Waals surface area (Å²) in [4.78, 5) is 21.1. The van der Waals surface area contributed by atoms with Crippen molar-refractivity contribution in [1.82, 2.24) is 5.32 Å². The molecule has 6 heteroatoms. The molecule has 14 heavy (non-hydrogen) atoms. The first kappa shape index (κ1) is 12.8. The summed E-state index contributed by atoms with van der Waals surface area (Å²) >= 11 is 0. The van der Waals surface area contributed by atoms with Gasteiger partial charge in [-0.25, -0.2) is 8.78 Å². The van der Waals surface area contributed by atoms with Crippen molar-refractivity contribution in [2.75, 3.05) is 6.54 Å². The van der Waals surface area contributed by atoms with Crippen LogP contribution in [0.25, 0.3) is 0 Å². The highest BCUT2D eigenvalue weighted by molar-refractivity contribution is 5.77. The monoisotopic (exact) mass is 209 g/mol. The molecule has 0 spiro atoms. The van der Waals surface area contributed by atoms with Crippen LogP contribution >= 0.6 is 0 Å². The molecule has 82 valence electrons. The maximum atomic E-state index is 11.6. The number of aliphatic carboxylic acids is 1. The summed E-state index contributed by atoms with van der Waals surface area (Å²) in [5.74, 6) is -1.89. The Morgan fingerprint density at radius 2 is 1.93 bits per heavy atom. The number of rotatable bonds is 6. The number of carboxylic acids is 1. The van der Waals surface area contributed by atoms with Gasteiger partial charge >= 0.3 is 5.97 Å². The summed E-state index contributed by atoms with van der Waals surface area (Å²) < 4.78 is 23.3. The van der Waals surface area contributed by atoms with Gasteiger partial charge in [0.1, 0.15) is 0 Å². The van der Waals surface area contributed by atoms with E-state index in [0.29, 0.717) is 0 Å². The molecule has 2 N–H and O–H groups in total.